The average molecular weight is 301 g/mol. The molecule has 5 nitrogen and oxygen atoms in total. The van der Waals surface area contributed by atoms with Gasteiger partial charge in [0.25, 0.3) is 0 Å². The second-order valence-electron chi connectivity index (χ2n) is 4.39. The Bertz CT molecular complexity index is 616. The van der Waals surface area contributed by atoms with E-state index in [4.69, 9.17) is 16.9 Å². The first kappa shape index (κ1) is 14.3. The third-order valence-corrected chi connectivity index (χ3v) is 5.33. The lowest BCUT2D eigenvalue weighted by molar-refractivity contribution is 0.113. The van der Waals surface area contributed by atoms with Crippen molar-refractivity contribution in [2.24, 2.45) is 0 Å². The number of nitriles is 1. The van der Waals surface area contributed by atoms with E-state index in [1.807, 2.05) is 6.07 Å². The van der Waals surface area contributed by atoms with Crippen LogP contribution in [0.4, 0.5) is 0 Å². The summed E-state index contributed by atoms with van der Waals surface area (Å²) in [6, 6.07) is 5.95. The van der Waals surface area contributed by atoms with Gasteiger partial charge in [-0.05, 0) is 31.0 Å². The Morgan fingerprint density at radius 3 is 2.53 bits per heavy atom. The molecule has 0 aliphatic carbocycles. The molecule has 1 N–H and O–H groups in total. The first-order valence-electron chi connectivity index (χ1n) is 5.83. The van der Waals surface area contributed by atoms with Crippen LogP contribution in [0.2, 0.25) is 5.02 Å². The van der Waals surface area contributed by atoms with Crippen LogP contribution in [-0.4, -0.2) is 37.0 Å². The molecule has 1 heterocycles. The van der Waals surface area contributed by atoms with Crippen molar-refractivity contribution in [2.75, 3.05) is 13.1 Å². The first-order chi connectivity index (χ1) is 8.95. The Kier molecular flexibility index (Phi) is 4.11. The Hall–Kier alpha value is -1.13. The molecule has 1 fully saturated rings. The van der Waals surface area contributed by atoms with E-state index in [1.165, 1.54) is 22.5 Å². The van der Waals surface area contributed by atoms with Crippen LogP contribution in [0.5, 0.6) is 0 Å². The highest BCUT2D eigenvalue weighted by Gasteiger charge is 2.28. The van der Waals surface area contributed by atoms with Crippen molar-refractivity contribution in [3.63, 3.8) is 0 Å². The van der Waals surface area contributed by atoms with E-state index in [2.05, 4.69) is 0 Å². The van der Waals surface area contributed by atoms with Crippen LogP contribution < -0.4 is 0 Å². The Balaban J connectivity index is 2.30. The van der Waals surface area contributed by atoms with E-state index in [1.54, 1.807) is 0 Å². The number of benzene rings is 1. The number of piperidine rings is 1. The molecule has 0 unspecified atom stereocenters. The highest BCUT2D eigenvalue weighted by Crippen LogP contribution is 2.25. The zero-order valence-electron chi connectivity index (χ0n) is 10.1. The fourth-order valence-electron chi connectivity index (χ4n) is 1.98. The molecule has 0 spiro atoms. The zero-order valence-corrected chi connectivity index (χ0v) is 11.7. The molecular formula is C12H13ClN2O3S. The monoisotopic (exact) mass is 300 g/mol. The maximum atomic E-state index is 12.3. The standard InChI is InChI=1S/C12H13ClN2O3S/c13-12-7-11(2-1-9(12)8-14)19(17,18)15-5-3-10(16)4-6-15/h1-2,7,10,16H,3-6H2. The zero-order chi connectivity index (χ0) is 14.0. The summed E-state index contributed by atoms with van der Waals surface area (Å²) in [6.45, 7) is 0.586. The fraction of sp³-hybridized carbons (Fsp3) is 0.417. The second-order valence-corrected chi connectivity index (χ2v) is 6.73. The van der Waals surface area contributed by atoms with Gasteiger partial charge >= 0.3 is 0 Å². The van der Waals surface area contributed by atoms with Gasteiger partial charge in [-0.1, -0.05) is 11.6 Å². The number of halogens is 1. The molecule has 0 amide bonds. The van der Waals surface area contributed by atoms with Crippen molar-refractivity contribution in [1.82, 2.24) is 4.31 Å². The quantitative estimate of drug-likeness (QED) is 0.894. The van der Waals surface area contributed by atoms with Crippen LogP contribution in [0.1, 0.15) is 18.4 Å². The first-order valence-corrected chi connectivity index (χ1v) is 7.65. The molecule has 0 aromatic heterocycles. The van der Waals surface area contributed by atoms with Crippen molar-refractivity contribution in [3.8, 4) is 6.07 Å². The third kappa shape index (κ3) is 2.90. The molecule has 1 aliphatic rings. The summed E-state index contributed by atoms with van der Waals surface area (Å²) in [4.78, 5) is 0.0767. The minimum Gasteiger partial charge on any atom is -0.393 e. The number of aliphatic hydroxyl groups excluding tert-OH is 1. The van der Waals surface area contributed by atoms with Crippen LogP contribution in [0.15, 0.2) is 23.1 Å². The van der Waals surface area contributed by atoms with Crippen molar-refractivity contribution >= 4 is 21.6 Å². The third-order valence-electron chi connectivity index (χ3n) is 3.12. The molecule has 1 saturated heterocycles. The molecule has 0 atom stereocenters. The largest absolute Gasteiger partial charge is 0.393 e. The second kappa shape index (κ2) is 5.47. The highest BCUT2D eigenvalue weighted by molar-refractivity contribution is 7.89. The van der Waals surface area contributed by atoms with Gasteiger partial charge < -0.3 is 5.11 Å². The van der Waals surface area contributed by atoms with E-state index < -0.39 is 16.1 Å². The summed E-state index contributed by atoms with van der Waals surface area (Å²) in [5, 5.41) is 18.3. The number of hydrogen-bond donors (Lipinski definition) is 1. The number of hydrogen-bond acceptors (Lipinski definition) is 4. The van der Waals surface area contributed by atoms with Crippen LogP contribution in [-0.2, 0) is 10.0 Å². The topological polar surface area (TPSA) is 81.4 Å². The van der Waals surface area contributed by atoms with Gasteiger partial charge in [-0.3, -0.25) is 0 Å². The molecule has 1 aliphatic heterocycles. The number of nitrogens with zero attached hydrogens (tertiary/aromatic N) is 2. The minimum atomic E-state index is -3.60. The summed E-state index contributed by atoms with van der Waals surface area (Å²) in [6.07, 6.45) is 0.433. The summed E-state index contributed by atoms with van der Waals surface area (Å²) < 4.78 is 26.0. The predicted octanol–water partition coefficient (Wildman–Crippen LogP) is 1.36. The Morgan fingerprint density at radius 1 is 1.37 bits per heavy atom. The van der Waals surface area contributed by atoms with Crippen molar-refractivity contribution in [1.29, 1.82) is 5.26 Å². The van der Waals surface area contributed by atoms with Gasteiger partial charge in [-0.2, -0.15) is 9.57 Å². The Labute approximate surface area is 117 Å². The minimum absolute atomic E-state index is 0.0767. The van der Waals surface area contributed by atoms with E-state index >= 15 is 0 Å². The lowest BCUT2D eigenvalue weighted by atomic mass is 10.1. The SMILES string of the molecule is N#Cc1ccc(S(=O)(=O)N2CCC(O)CC2)cc1Cl. The maximum Gasteiger partial charge on any atom is 0.243 e. The van der Waals surface area contributed by atoms with Crippen LogP contribution in [0.3, 0.4) is 0 Å². The molecule has 7 heteroatoms. The van der Waals surface area contributed by atoms with E-state index in [-0.39, 0.29) is 15.5 Å². The summed E-state index contributed by atoms with van der Waals surface area (Å²) in [5.74, 6) is 0. The van der Waals surface area contributed by atoms with Gasteiger partial charge in [0.1, 0.15) is 6.07 Å². The van der Waals surface area contributed by atoms with E-state index in [0.29, 0.717) is 25.9 Å². The molecule has 1 aromatic rings. The Morgan fingerprint density at radius 2 is 2.00 bits per heavy atom. The van der Waals surface area contributed by atoms with Gasteiger partial charge in [0.05, 0.1) is 21.6 Å². The molecule has 2 rings (SSSR count). The molecule has 1 aromatic carbocycles. The molecule has 102 valence electrons. The van der Waals surface area contributed by atoms with Crippen LogP contribution >= 0.6 is 11.6 Å². The smallest absolute Gasteiger partial charge is 0.243 e. The summed E-state index contributed by atoms with van der Waals surface area (Å²) in [5.41, 5.74) is 0.245. The predicted molar refractivity (Wildman–Crippen MR) is 70.2 cm³/mol. The highest BCUT2D eigenvalue weighted by atomic mass is 35.5. The van der Waals surface area contributed by atoms with E-state index in [9.17, 15) is 13.5 Å². The number of aliphatic hydroxyl groups is 1. The van der Waals surface area contributed by atoms with Gasteiger partial charge in [0, 0.05) is 13.1 Å². The van der Waals surface area contributed by atoms with Gasteiger partial charge in [0.15, 0.2) is 0 Å². The fourth-order valence-corrected chi connectivity index (χ4v) is 3.76. The van der Waals surface area contributed by atoms with Gasteiger partial charge in [0.2, 0.25) is 10.0 Å². The lowest BCUT2D eigenvalue weighted by Crippen LogP contribution is -2.39. The molecule has 0 bridgehead atoms. The molecule has 19 heavy (non-hydrogen) atoms. The normalized spacial score (nSPS) is 18.2. The molecular weight excluding hydrogens is 288 g/mol. The van der Waals surface area contributed by atoms with Crippen LogP contribution in [0.25, 0.3) is 0 Å². The number of rotatable bonds is 2. The van der Waals surface area contributed by atoms with Crippen molar-refractivity contribution in [3.05, 3.63) is 28.8 Å². The van der Waals surface area contributed by atoms with Crippen molar-refractivity contribution < 1.29 is 13.5 Å². The molecule has 0 saturated carbocycles. The summed E-state index contributed by atoms with van der Waals surface area (Å²) >= 11 is 5.85. The van der Waals surface area contributed by atoms with Crippen molar-refractivity contribution in [2.45, 2.75) is 23.8 Å². The summed E-state index contributed by atoms with van der Waals surface area (Å²) in [7, 11) is -3.60. The molecule has 0 radical (unpaired) electrons. The average Bonchev–Trinajstić information content (AvgIpc) is 2.39. The van der Waals surface area contributed by atoms with Crippen LogP contribution in [0, 0.1) is 11.3 Å². The number of sulfonamides is 1. The lowest BCUT2D eigenvalue weighted by Gasteiger charge is -2.28. The maximum absolute atomic E-state index is 12.3. The van der Waals surface area contributed by atoms with Gasteiger partial charge in [-0.25, -0.2) is 8.42 Å². The van der Waals surface area contributed by atoms with E-state index in [0.717, 1.165) is 0 Å². The van der Waals surface area contributed by atoms with Gasteiger partial charge in [-0.15, -0.1) is 0 Å².